The van der Waals surface area contributed by atoms with Crippen molar-refractivity contribution in [3.05, 3.63) is 28.7 Å². The lowest BCUT2D eigenvalue weighted by Crippen LogP contribution is -2.69. The van der Waals surface area contributed by atoms with Gasteiger partial charge in [0, 0.05) is 16.7 Å². The van der Waals surface area contributed by atoms with E-state index in [1.165, 1.54) is 0 Å². The van der Waals surface area contributed by atoms with E-state index in [1.807, 2.05) is 43.0 Å². The fourth-order valence-corrected chi connectivity index (χ4v) is 2.62. The van der Waals surface area contributed by atoms with Crippen LogP contribution in [-0.4, -0.2) is 23.5 Å². The van der Waals surface area contributed by atoms with E-state index in [1.54, 1.807) is 0 Å². The monoisotopic (exact) mass is 310 g/mol. The van der Waals surface area contributed by atoms with Gasteiger partial charge in [-0.15, -0.1) is 0 Å². The molecule has 1 N–H and O–H groups in total. The molecule has 0 saturated carbocycles. The number of amides is 1. The average molecular weight is 311 g/mol. The first kappa shape index (κ1) is 13.6. The Bertz CT molecular complexity index is 482. The first-order valence-electron chi connectivity index (χ1n) is 6.09. The molecule has 1 saturated heterocycles. The molecular formula is C14H19BrN2O. The Hall–Kier alpha value is -0.870. The first-order valence-corrected chi connectivity index (χ1v) is 6.89. The molecule has 1 fully saturated rings. The molecule has 0 unspecified atom stereocenters. The van der Waals surface area contributed by atoms with E-state index in [4.69, 9.17) is 0 Å². The number of hydrogen-bond donors (Lipinski definition) is 1. The van der Waals surface area contributed by atoms with Crippen molar-refractivity contribution in [2.75, 3.05) is 11.4 Å². The molecule has 0 aliphatic carbocycles. The summed E-state index contributed by atoms with van der Waals surface area (Å²) in [4.78, 5) is 14.5. The third kappa shape index (κ3) is 2.31. The number of rotatable bonds is 1. The van der Waals surface area contributed by atoms with Crippen molar-refractivity contribution in [3.8, 4) is 0 Å². The molecule has 4 heteroatoms. The van der Waals surface area contributed by atoms with E-state index >= 15 is 0 Å². The fraction of sp³-hybridized carbons (Fsp3) is 0.500. The largest absolute Gasteiger partial charge is 0.304 e. The second kappa shape index (κ2) is 4.35. The molecule has 0 radical (unpaired) electrons. The molecule has 0 atom stereocenters. The standard InChI is InChI=1S/C14H19BrN2O/c1-13(2)9-16-14(3,4)12(18)17(13)11-7-5-6-10(15)8-11/h5-8,16H,9H2,1-4H3. The molecule has 1 aliphatic heterocycles. The van der Waals surface area contributed by atoms with E-state index in [-0.39, 0.29) is 11.4 Å². The quantitative estimate of drug-likeness (QED) is 0.865. The Balaban J connectivity index is 2.47. The Morgan fingerprint density at radius 2 is 1.94 bits per heavy atom. The number of hydrogen-bond acceptors (Lipinski definition) is 2. The van der Waals surface area contributed by atoms with Crippen LogP contribution in [0.2, 0.25) is 0 Å². The van der Waals surface area contributed by atoms with Crippen LogP contribution in [0.4, 0.5) is 5.69 Å². The lowest BCUT2D eigenvalue weighted by atomic mass is 9.90. The van der Waals surface area contributed by atoms with Crippen LogP contribution in [-0.2, 0) is 4.79 Å². The summed E-state index contributed by atoms with van der Waals surface area (Å²) in [5.41, 5.74) is 0.194. The van der Waals surface area contributed by atoms with E-state index < -0.39 is 5.54 Å². The summed E-state index contributed by atoms with van der Waals surface area (Å²) in [5.74, 6) is 0.108. The maximum atomic E-state index is 12.6. The van der Waals surface area contributed by atoms with Gasteiger partial charge < -0.3 is 10.2 Å². The summed E-state index contributed by atoms with van der Waals surface area (Å²) in [6, 6.07) is 7.89. The zero-order chi connectivity index (χ0) is 13.6. The Morgan fingerprint density at radius 3 is 2.56 bits per heavy atom. The van der Waals surface area contributed by atoms with Crippen LogP contribution < -0.4 is 10.2 Å². The second-order valence-electron chi connectivity index (χ2n) is 5.91. The third-order valence-corrected chi connectivity index (χ3v) is 3.87. The molecule has 98 valence electrons. The molecule has 1 amide bonds. The molecule has 0 bridgehead atoms. The predicted octanol–water partition coefficient (Wildman–Crippen LogP) is 2.94. The summed E-state index contributed by atoms with van der Waals surface area (Å²) in [6.45, 7) is 8.78. The van der Waals surface area contributed by atoms with Gasteiger partial charge in [0.15, 0.2) is 0 Å². The van der Waals surface area contributed by atoms with Gasteiger partial charge in [-0.3, -0.25) is 4.79 Å². The SMILES string of the molecule is CC1(C)NCC(C)(C)N(c2cccc(Br)c2)C1=O. The highest BCUT2D eigenvalue weighted by atomic mass is 79.9. The van der Waals surface area contributed by atoms with Crippen LogP contribution in [0, 0.1) is 0 Å². The van der Waals surface area contributed by atoms with Gasteiger partial charge in [0.2, 0.25) is 5.91 Å². The van der Waals surface area contributed by atoms with Crippen molar-refractivity contribution in [2.45, 2.75) is 38.8 Å². The maximum absolute atomic E-state index is 12.6. The number of piperazine rings is 1. The van der Waals surface area contributed by atoms with Gasteiger partial charge in [-0.1, -0.05) is 22.0 Å². The van der Waals surface area contributed by atoms with Gasteiger partial charge in [-0.2, -0.15) is 0 Å². The number of benzene rings is 1. The summed E-state index contributed by atoms with van der Waals surface area (Å²) in [5, 5.41) is 3.31. The average Bonchev–Trinajstić information content (AvgIpc) is 2.25. The van der Waals surface area contributed by atoms with Crippen LogP contribution in [0.5, 0.6) is 0 Å². The van der Waals surface area contributed by atoms with Crippen LogP contribution in [0.25, 0.3) is 0 Å². The lowest BCUT2D eigenvalue weighted by molar-refractivity contribution is -0.126. The van der Waals surface area contributed by atoms with Crippen molar-refractivity contribution in [3.63, 3.8) is 0 Å². The smallest absolute Gasteiger partial charge is 0.247 e. The third-order valence-electron chi connectivity index (χ3n) is 3.37. The van der Waals surface area contributed by atoms with E-state index in [2.05, 4.69) is 35.1 Å². The Labute approximate surface area is 117 Å². The fourth-order valence-electron chi connectivity index (χ4n) is 2.23. The Kier molecular flexibility index (Phi) is 3.28. The van der Waals surface area contributed by atoms with Crippen molar-refractivity contribution in [2.24, 2.45) is 0 Å². The predicted molar refractivity (Wildman–Crippen MR) is 77.8 cm³/mol. The lowest BCUT2D eigenvalue weighted by Gasteiger charge is -2.48. The van der Waals surface area contributed by atoms with Gasteiger partial charge >= 0.3 is 0 Å². The number of halogens is 1. The van der Waals surface area contributed by atoms with Gasteiger partial charge in [-0.05, 0) is 45.9 Å². The minimum atomic E-state index is -0.516. The number of anilines is 1. The highest BCUT2D eigenvalue weighted by molar-refractivity contribution is 9.10. The van der Waals surface area contributed by atoms with Crippen LogP contribution >= 0.6 is 15.9 Å². The molecule has 0 spiro atoms. The van der Waals surface area contributed by atoms with Crippen LogP contribution in [0.1, 0.15) is 27.7 Å². The van der Waals surface area contributed by atoms with Crippen molar-refractivity contribution >= 4 is 27.5 Å². The molecule has 1 heterocycles. The molecule has 3 nitrogen and oxygen atoms in total. The molecule has 0 aromatic heterocycles. The normalized spacial score (nSPS) is 22.1. The van der Waals surface area contributed by atoms with Gasteiger partial charge in [-0.25, -0.2) is 0 Å². The summed E-state index contributed by atoms with van der Waals surface area (Å²) in [7, 11) is 0. The van der Waals surface area contributed by atoms with Crippen LogP contribution in [0.3, 0.4) is 0 Å². The van der Waals surface area contributed by atoms with E-state index in [0.717, 1.165) is 16.7 Å². The molecule has 2 rings (SSSR count). The van der Waals surface area contributed by atoms with Gasteiger partial charge in [0.1, 0.15) is 0 Å². The number of nitrogens with zero attached hydrogens (tertiary/aromatic N) is 1. The molecular weight excluding hydrogens is 292 g/mol. The van der Waals surface area contributed by atoms with Crippen molar-refractivity contribution in [1.82, 2.24) is 5.32 Å². The molecule has 18 heavy (non-hydrogen) atoms. The zero-order valence-corrected chi connectivity index (χ0v) is 12.8. The number of carbonyl (C=O) groups is 1. The van der Waals surface area contributed by atoms with E-state index in [9.17, 15) is 4.79 Å². The summed E-state index contributed by atoms with van der Waals surface area (Å²) >= 11 is 3.46. The second-order valence-corrected chi connectivity index (χ2v) is 6.83. The highest BCUT2D eigenvalue weighted by Gasteiger charge is 2.45. The molecule has 1 aromatic rings. The topological polar surface area (TPSA) is 32.3 Å². The van der Waals surface area contributed by atoms with Gasteiger partial charge in [0.05, 0.1) is 11.1 Å². The number of nitrogens with one attached hydrogen (secondary N) is 1. The Morgan fingerprint density at radius 1 is 1.28 bits per heavy atom. The van der Waals surface area contributed by atoms with Crippen molar-refractivity contribution < 1.29 is 4.79 Å². The highest BCUT2D eigenvalue weighted by Crippen LogP contribution is 2.32. The van der Waals surface area contributed by atoms with E-state index in [0.29, 0.717) is 0 Å². The minimum Gasteiger partial charge on any atom is -0.304 e. The maximum Gasteiger partial charge on any atom is 0.247 e. The summed E-state index contributed by atoms with van der Waals surface area (Å²) < 4.78 is 0.986. The van der Waals surface area contributed by atoms with Crippen LogP contribution in [0.15, 0.2) is 28.7 Å². The number of carbonyl (C=O) groups excluding carboxylic acids is 1. The zero-order valence-electron chi connectivity index (χ0n) is 11.2. The molecule has 1 aliphatic rings. The summed E-state index contributed by atoms with van der Waals surface area (Å²) in [6.07, 6.45) is 0. The first-order chi connectivity index (χ1) is 8.24. The molecule has 1 aromatic carbocycles. The minimum absolute atomic E-state index is 0.108. The van der Waals surface area contributed by atoms with Crippen molar-refractivity contribution in [1.29, 1.82) is 0 Å². The van der Waals surface area contributed by atoms with Gasteiger partial charge in [0.25, 0.3) is 0 Å².